The third-order valence-electron chi connectivity index (χ3n) is 6.39. The van der Waals surface area contributed by atoms with Gasteiger partial charge in [-0.05, 0) is 37.8 Å². The molecule has 3 N–H and O–H groups in total. The number of piperidine rings is 1. The number of hydrogen-bond acceptors (Lipinski definition) is 4. The summed E-state index contributed by atoms with van der Waals surface area (Å²) in [6, 6.07) is 10.6. The Balaban J connectivity index is 1.44. The molecule has 2 aliphatic heterocycles. The number of para-hydroxylation sites is 2. The molecule has 1 aliphatic carbocycles. The zero-order valence-electron chi connectivity index (χ0n) is 15.3. The normalized spacial score (nSPS) is 31.9. The lowest BCUT2D eigenvalue weighted by Gasteiger charge is -2.52. The molecule has 4 nitrogen and oxygen atoms in total. The minimum absolute atomic E-state index is 0.508. The van der Waals surface area contributed by atoms with Crippen LogP contribution in [0.3, 0.4) is 0 Å². The average Bonchev–Trinajstić information content (AvgIpc) is 2.56. The molecule has 0 radical (unpaired) electrons. The minimum Gasteiger partial charge on any atom is -0.397 e. The van der Waals surface area contributed by atoms with Crippen molar-refractivity contribution in [2.24, 2.45) is 0 Å². The molecule has 0 aromatic heterocycles. The first-order chi connectivity index (χ1) is 12.3. The van der Waals surface area contributed by atoms with Crippen LogP contribution >= 0.6 is 0 Å². The van der Waals surface area contributed by atoms with Gasteiger partial charge in [0.15, 0.2) is 0 Å². The molecule has 0 spiro atoms. The maximum absolute atomic E-state index is 6.13. The smallest absolute Gasteiger partial charge is 0.0623 e. The molecule has 0 amide bonds. The largest absolute Gasteiger partial charge is 0.397 e. The van der Waals surface area contributed by atoms with Gasteiger partial charge in [-0.3, -0.25) is 4.90 Å². The SMILES string of the molecule is Nc1ccccc1NC1CC2COCC(C1)N2C1CCCCCCC1. The molecule has 1 saturated carbocycles. The van der Waals surface area contributed by atoms with Gasteiger partial charge in [0, 0.05) is 24.2 Å². The fourth-order valence-corrected chi connectivity index (χ4v) is 5.24. The number of morpholine rings is 1. The van der Waals surface area contributed by atoms with E-state index in [1.807, 2.05) is 12.1 Å². The van der Waals surface area contributed by atoms with Crippen molar-refractivity contribution in [3.05, 3.63) is 24.3 Å². The highest BCUT2D eigenvalue weighted by Gasteiger charge is 2.42. The molecule has 1 aromatic rings. The van der Waals surface area contributed by atoms with E-state index in [1.54, 1.807) is 0 Å². The van der Waals surface area contributed by atoms with Gasteiger partial charge in [0.05, 0.1) is 24.6 Å². The molecule has 3 aliphatic rings. The Labute approximate surface area is 152 Å². The number of ether oxygens (including phenoxy) is 1. The van der Waals surface area contributed by atoms with Crippen LogP contribution in [0.15, 0.2) is 24.3 Å². The topological polar surface area (TPSA) is 50.5 Å². The van der Waals surface area contributed by atoms with E-state index in [1.165, 1.54) is 57.8 Å². The molecule has 4 rings (SSSR count). The first kappa shape index (κ1) is 17.2. The van der Waals surface area contributed by atoms with E-state index in [0.717, 1.165) is 30.6 Å². The number of nitrogens with two attached hydrogens (primary N) is 1. The van der Waals surface area contributed by atoms with Crippen LogP contribution in [0.1, 0.15) is 57.8 Å². The van der Waals surface area contributed by atoms with Gasteiger partial charge >= 0.3 is 0 Å². The van der Waals surface area contributed by atoms with E-state index in [-0.39, 0.29) is 0 Å². The van der Waals surface area contributed by atoms with Crippen LogP contribution in [0.25, 0.3) is 0 Å². The number of anilines is 2. The fraction of sp³-hybridized carbons (Fsp3) is 0.714. The van der Waals surface area contributed by atoms with E-state index in [2.05, 4.69) is 22.3 Å². The minimum atomic E-state index is 0.508. The lowest BCUT2D eigenvalue weighted by Crippen LogP contribution is -2.62. The van der Waals surface area contributed by atoms with Crippen LogP contribution in [0, 0.1) is 0 Å². The van der Waals surface area contributed by atoms with Gasteiger partial charge in [0.25, 0.3) is 0 Å². The van der Waals surface area contributed by atoms with Crippen LogP contribution in [0.2, 0.25) is 0 Å². The third kappa shape index (κ3) is 3.95. The van der Waals surface area contributed by atoms with Gasteiger partial charge in [-0.1, -0.05) is 44.2 Å². The number of fused-ring (bicyclic) bond motifs is 2. The van der Waals surface area contributed by atoms with Crippen molar-refractivity contribution in [2.75, 3.05) is 24.3 Å². The summed E-state index contributed by atoms with van der Waals surface area (Å²) in [5.74, 6) is 0. The van der Waals surface area contributed by atoms with Crippen LogP contribution in [-0.4, -0.2) is 42.3 Å². The molecule has 4 heteroatoms. The van der Waals surface area contributed by atoms with Crippen molar-refractivity contribution in [1.82, 2.24) is 4.90 Å². The second kappa shape index (κ2) is 7.96. The van der Waals surface area contributed by atoms with Gasteiger partial charge in [-0.25, -0.2) is 0 Å². The lowest BCUT2D eigenvalue weighted by molar-refractivity contribution is -0.0995. The number of nitrogen functional groups attached to an aromatic ring is 1. The second-order valence-corrected chi connectivity index (χ2v) is 8.19. The van der Waals surface area contributed by atoms with Gasteiger partial charge in [-0.2, -0.15) is 0 Å². The zero-order chi connectivity index (χ0) is 17.1. The Morgan fingerprint density at radius 2 is 1.52 bits per heavy atom. The van der Waals surface area contributed by atoms with E-state index in [9.17, 15) is 0 Å². The highest BCUT2D eigenvalue weighted by molar-refractivity contribution is 5.66. The standard InChI is InChI=1S/C21H33N3O/c22-20-10-6-7-11-21(20)23-16-12-18-14-25-15-19(13-16)24(18)17-8-4-2-1-3-5-9-17/h6-7,10-11,16-19,23H,1-5,8-9,12-15,22H2. The monoisotopic (exact) mass is 343 g/mol. The molecule has 2 bridgehead atoms. The highest BCUT2D eigenvalue weighted by atomic mass is 16.5. The maximum Gasteiger partial charge on any atom is 0.0623 e. The molecule has 138 valence electrons. The Hall–Kier alpha value is -1.26. The average molecular weight is 344 g/mol. The highest BCUT2D eigenvalue weighted by Crippen LogP contribution is 2.35. The van der Waals surface area contributed by atoms with E-state index < -0.39 is 0 Å². The van der Waals surface area contributed by atoms with Crippen molar-refractivity contribution in [1.29, 1.82) is 0 Å². The summed E-state index contributed by atoms with van der Waals surface area (Å²) >= 11 is 0. The Morgan fingerprint density at radius 1 is 0.880 bits per heavy atom. The van der Waals surface area contributed by atoms with Gasteiger partial charge in [0.2, 0.25) is 0 Å². The molecular weight excluding hydrogens is 310 g/mol. The van der Waals surface area contributed by atoms with E-state index in [4.69, 9.17) is 10.5 Å². The molecule has 2 saturated heterocycles. The number of hydrogen-bond donors (Lipinski definition) is 2. The Kier molecular flexibility index (Phi) is 5.47. The summed E-state index contributed by atoms with van der Waals surface area (Å²) in [6.45, 7) is 1.80. The van der Waals surface area contributed by atoms with E-state index in [0.29, 0.717) is 18.1 Å². The van der Waals surface area contributed by atoms with Crippen molar-refractivity contribution < 1.29 is 4.74 Å². The second-order valence-electron chi connectivity index (χ2n) is 8.19. The van der Waals surface area contributed by atoms with Gasteiger partial charge < -0.3 is 15.8 Å². The van der Waals surface area contributed by atoms with Crippen LogP contribution < -0.4 is 11.1 Å². The number of nitrogens with zero attached hydrogens (tertiary/aromatic N) is 1. The summed E-state index contributed by atoms with van der Waals surface area (Å²) < 4.78 is 5.94. The molecule has 2 atom stereocenters. The molecule has 3 fully saturated rings. The van der Waals surface area contributed by atoms with Gasteiger partial charge in [-0.15, -0.1) is 0 Å². The number of nitrogens with one attached hydrogen (secondary N) is 1. The summed E-state index contributed by atoms with van der Waals surface area (Å²) in [7, 11) is 0. The fourth-order valence-electron chi connectivity index (χ4n) is 5.24. The number of benzene rings is 1. The van der Waals surface area contributed by atoms with E-state index >= 15 is 0 Å². The predicted octanol–water partition coefficient (Wildman–Crippen LogP) is 4.03. The molecular formula is C21H33N3O. The first-order valence-corrected chi connectivity index (χ1v) is 10.3. The Bertz CT molecular complexity index is 542. The molecule has 2 heterocycles. The van der Waals surface area contributed by atoms with Crippen molar-refractivity contribution in [3.63, 3.8) is 0 Å². The Morgan fingerprint density at radius 3 is 2.20 bits per heavy atom. The van der Waals surface area contributed by atoms with Crippen LogP contribution in [-0.2, 0) is 4.74 Å². The van der Waals surface area contributed by atoms with Gasteiger partial charge in [0.1, 0.15) is 0 Å². The van der Waals surface area contributed by atoms with Crippen molar-refractivity contribution >= 4 is 11.4 Å². The molecule has 2 unspecified atom stereocenters. The quantitative estimate of drug-likeness (QED) is 0.814. The lowest BCUT2D eigenvalue weighted by atomic mass is 9.85. The summed E-state index contributed by atoms with van der Waals surface area (Å²) in [5.41, 5.74) is 8.07. The van der Waals surface area contributed by atoms with Crippen LogP contribution in [0.5, 0.6) is 0 Å². The van der Waals surface area contributed by atoms with Crippen molar-refractivity contribution in [3.8, 4) is 0 Å². The third-order valence-corrected chi connectivity index (χ3v) is 6.39. The maximum atomic E-state index is 6.13. The summed E-state index contributed by atoms with van der Waals surface area (Å²) in [6.07, 6.45) is 12.2. The van der Waals surface area contributed by atoms with Crippen LogP contribution in [0.4, 0.5) is 11.4 Å². The summed E-state index contributed by atoms with van der Waals surface area (Å²) in [5, 5.41) is 3.72. The first-order valence-electron chi connectivity index (χ1n) is 10.3. The number of rotatable bonds is 3. The zero-order valence-corrected chi connectivity index (χ0v) is 15.3. The molecule has 1 aromatic carbocycles. The predicted molar refractivity (Wildman–Crippen MR) is 104 cm³/mol. The molecule has 25 heavy (non-hydrogen) atoms. The van der Waals surface area contributed by atoms with Crippen molar-refractivity contribution in [2.45, 2.75) is 82.0 Å². The summed E-state index contributed by atoms with van der Waals surface area (Å²) in [4.78, 5) is 2.86.